The van der Waals surface area contributed by atoms with Gasteiger partial charge in [-0.2, -0.15) is 13.2 Å². The predicted molar refractivity (Wildman–Crippen MR) is 136 cm³/mol. The van der Waals surface area contributed by atoms with Crippen LogP contribution in [0.3, 0.4) is 0 Å². The molecule has 1 saturated heterocycles. The summed E-state index contributed by atoms with van der Waals surface area (Å²) in [7, 11) is 1.61. The Morgan fingerprint density at radius 1 is 1.13 bits per heavy atom. The molecule has 2 aromatic heterocycles. The molecule has 200 valence electrons. The lowest BCUT2D eigenvalue weighted by Crippen LogP contribution is -2.61. The molecular formula is C27H28F3N5O3. The van der Waals surface area contributed by atoms with E-state index in [0.29, 0.717) is 42.6 Å². The number of nitrogens with zero attached hydrogens (tertiary/aromatic N) is 5. The molecule has 1 aliphatic rings. The number of carbonyl (C=O) groups is 1. The number of anilines is 1. The first-order valence-corrected chi connectivity index (χ1v) is 12.1. The van der Waals surface area contributed by atoms with Gasteiger partial charge in [-0.25, -0.2) is 9.97 Å². The number of aromatic nitrogens is 3. The maximum atomic E-state index is 13.3. The lowest BCUT2D eigenvalue weighted by molar-refractivity contribution is -0.138. The van der Waals surface area contributed by atoms with Gasteiger partial charge in [0.15, 0.2) is 11.7 Å². The summed E-state index contributed by atoms with van der Waals surface area (Å²) in [5.74, 6) is 1.74. The molecule has 0 unspecified atom stereocenters. The second-order valence-electron chi connectivity index (χ2n) is 9.98. The van der Waals surface area contributed by atoms with Crippen molar-refractivity contribution in [2.45, 2.75) is 39.0 Å². The third-order valence-electron chi connectivity index (χ3n) is 6.89. The number of rotatable bonds is 5. The first kappa shape index (κ1) is 25.6. The lowest BCUT2D eigenvalue weighted by Gasteiger charge is -2.48. The molecule has 8 nitrogen and oxygen atoms in total. The summed E-state index contributed by atoms with van der Waals surface area (Å²) in [4.78, 5) is 25.6. The fraction of sp³-hybridized carbons (Fsp3) is 0.370. The summed E-state index contributed by atoms with van der Waals surface area (Å²) in [6, 6.07) is 9.26. The average Bonchev–Trinajstić information content (AvgIpc) is 3.48. The molecule has 5 rings (SSSR count). The summed E-state index contributed by atoms with van der Waals surface area (Å²) in [6.07, 6.45) is -1.37. The molecule has 0 spiro atoms. The number of methoxy groups -OCH3 is 1. The van der Waals surface area contributed by atoms with Gasteiger partial charge in [0.25, 0.3) is 0 Å². The van der Waals surface area contributed by atoms with E-state index in [1.165, 1.54) is 12.4 Å². The highest BCUT2D eigenvalue weighted by Gasteiger charge is 2.37. The van der Waals surface area contributed by atoms with Crippen molar-refractivity contribution in [3.8, 4) is 17.1 Å². The minimum atomic E-state index is -4.45. The van der Waals surface area contributed by atoms with Gasteiger partial charge in [-0.05, 0) is 44.2 Å². The van der Waals surface area contributed by atoms with Gasteiger partial charge >= 0.3 is 6.18 Å². The first-order valence-electron chi connectivity index (χ1n) is 12.1. The molecule has 0 N–H and O–H groups in total. The normalized spacial score (nSPS) is 15.8. The number of oxazole rings is 1. The van der Waals surface area contributed by atoms with Crippen molar-refractivity contribution in [1.29, 1.82) is 0 Å². The summed E-state index contributed by atoms with van der Waals surface area (Å²) in [5.41, 5.74) is 1.19. The van der Waals surface area contributed by atoms with E-state index < -0.39 is 17.3 Å². The summed E-state index contributed by atoms with van der Waals surface area (Å²) < 4.78 is 52.0. The number of halogens is 3. The highest BCUT2D eigenvalue weighted by Crippen LogP contribution is 2.36. The molecule has 38 heavy (non-hydrogen) atoms. The van der Waals surface area contributed by atoms with Crippen LogP contribution in [-0.2, 0) is 17.5 Å². The molecular weight excluding hydrogens is 499 g/mol. The number of alkyl halides is 3. The maximum absolute atomic E-state index is 13.3. The number of hydrogen-bond acceptors (Lipinski definition) is 6. The van der Waals surface area contributed by atoms with Crippen LogP contribution in [-0.4, -0.2) is 57.6 Å². The van der Waals surface area contributed by atoms with Crippen LogP contribution < -0.4 is 9.64 Å². The second-order valence-corrected chi connectivity index (χ2v) is 9.98. The van der Waals surface area contributed by atoms with Crippen molar-refractivity contribution in [2.75, 3.05) is 31.6 Å². The van der Waals surface area contributed by atoms with E-state index >= 15 is 0 Å². The fourth-order valence-corrected chi connectivity index (χ4v) is 5.00. The van der Waals surface area contributed by atoms with Crippen LogP contribution >= 0.6 is 0 Å². The fourth-order valence-electron chi connectivity index (χ4n) is 5.00. The molecule has 0 saturated carbocycles. The Balaban J connectivity index is 1.31. The summed E-state index contributed by atoms with van der Waals surface area (Å²) >= 11 is 0. The van der Waals surface area contributed by atoms with Gasteiger partial charge in [0.2, 0.25) is 5.91 Å². The molecule has 4 aromatic rings. The molecule has 1 aliphatic heterocycles. The zero-order valence-electron chi connectivity index (χ0n) is 21.5. The van der Waals surface area contributed by atoms with Crippen LogP contribution in [0.1, 0.15) is 25.3 Å². The van der Waals surface area contributed by atoms with E-state index in [1.807, 2.05) is 36.9 Å². The molecule has 1 amide bonds. The van der Waals surface area contributed by atoms with E-state index in [0.717, 1.165) is 23.4 Å². The number of benzene rings is 2. The SMILES string of the molecule is COc1cc(N2CCN(C(=O)Cn3cnc4cc(C(F)(F)F)ccc43)C(C)(C)C2)ccc1-c1cnc(C)o1. The van der Waals surface area contributed by atoms with Crippen molar-refractivity contribution in [3.05, 3.63) is 60.4 Å². The largest absolute Gasteiger partial charge is 0.496 e. The summed E-state index contributed by atoms with van der Waals surface area (Å²) in [5, 5.41) is 0. The summed E-state index contributed by atoms with van der Waals surface area (Å²) in [6.45, 7) is 7.46. The Kier molecular flexibility index (Phi) is 6.32. The van der Waals surface area contributed by atoms with Crippen LogP contribution in [0.15, 0.2) is 53.3 Å². The molecule has 0 radical (unpaired) electrons. The number of hydrogen-bond donors (Lipinski definition) is 0. The van der Waals surface area contributed by atoms with E-state index in [2.05, 4.69) is 14.9 Å². The number of imidazole rings is 1. The number of amides is 1. The Hall–Kier alpha value is -4.02. The van der Waals surface area contributed by atoms with Crippen LogP contribution in [0.2, 0.25) is 0 Å². The van der Waals surface area contributed by atoms with E-state index in [9.17, 15) is 18.0 Å². The first-order chi connectivity index (χ1) is 18.0. The second kappa shape index (κ2) is 9.38. The van der Waals surface area contributed by atoms with Gasteiger partial charge in [0.05, 0.1) is 47.3 Å². The highest BCUT2D eigenvalue weighted by molar-refractivity contribution is 5.82. The van der Waals surface area contributed by atoms with Crippen LogP contribution in [0.4, 0.5) is 18.9 Å². The van der Waals surface area contributed by atoms with E-state index in [4.69, 9.17) is 9.15 Å². The number of fused-ring (bicyclic) bond motifs is 1. The van der Waals surface area contributed by atoms with E-state index in [-0.39, 0.29) is 18.0 Å². The molecule has 3 heterocycles. The topological polar surface area (TPSA) is 76.6 Å². The molecule has 1 fully saturated rings. The van der Waals surface area contributed by atoms with Crippen molar-refractivity contribution in [2.24, 2.45) is 0 Å². The number of piperazine rings is 1. The molecule has 11 heteroatoms. The van der Waals surface area contributed by atoms with Gasteiger partial charge in [-0.3, -0.25) is 4.79 Å². The quantitative estimate of drug-likeness (QED) is 0.357. The van der Waals surface area contributed by atoms with Gasteiger partial charge in [0, 0.05) is 38.3 Å². The number of aryl methyl sites for hydroxylation is 1. The minimum Gasteiger partial charge on any atom is -0.496 e. The Morgan fingerprint density at radius 3 is 2.58 bits per heavy atom. The monoisotopic (exact) mass is 527 g/mol. The van der Waals surface area contributed by atoms with Crippen molar-refractivity contribution in [1.82, 2.24) is 19.4 Å². The molecule has 0 aliphatic carbocycles. The molecule has 0 bridgehead atoms. The Morgan fingerprint density at radius 2 is 1.92 bits per heavy atom. The third kappa shape index (κ3) is 4.80. The smallest absolute Gasteiger partial charge is 0.416 e. The highest BCUT2D eigenvalue weighted by atomic mass is 19.4. The van der Waals surface area contributed by atoms with Crippen molar-refractivity contribution < 1.29 is 27.1 Å². The van der Waals surface area contributed by atoms with Crippen LogP contribution in [0.25, 0.3) is 22.4 Å². The number of carbonyl (C=O) groups excluding carboxylic acids is 1. The van der Waals surface area contributed by atoms with Crippen molar-refractivity contribution in [3.63, 3.8) is 0 Å². The van der Waals surface area contributed by atoms with Crippen LogP contribution in [0.5, 0.6) is 5.75 Å². The van der Waals surface area contributed by atoms with Gasteiger partial charge in [0.1, 0.15) is 12.3 Å². The zero-order chi connectivity index (χ0) is 27.2. The van der Waals surface area contributed by atoms with Gasteiger partial charge in [-0.1, -0.05) is 0 Å². The van der Waals surface area contributed by atoms with Crippen LogP contribution in [0, 0.1) is 6.92 Å². The van der Waals surface area contributed by atoms with Gasteiger partial charge in [-0.15, -0.1) is 0 Å². The zero-order valence-corrected chi connectivity index (χ0v) is 21.5. The van der Waals surface area contributed by atoms with Gasteiger partial charge < -0.3 is 23.5 Å². The molecule has 2 aromatic carbocycles. The predicted octanol–water partition coefficient (Wildman–Crippen LogP) is 5.15. The minimum absolute atomic E-state index is 0.00951. The van der Waals surface area contributed by atoms with Crippen molar-refractivity contribution >= 4 is 22.6 Å². The average molecular weight is 528 g/mol. The van der Waals surface area contributed by atoms with E-state index in [1.54, 1.807) is 24.8 Å². The Bertz CT molecular complexity index is 1490. The third-order valence-corrected chi connectivity index (χ3v) is 6.89. The maximum Gasteiger partial charge on any atom is 0.416 e. The molecule has 0 atom stereocenters. The lowest BCUT2D eigenvalue weighted by atomic mass is 9.97. The number of ether oxygens (including phenoxy) is 1. The standard InChI is InChI=1S/C27H28F3N5O3/c1-17-31-13-24(38-17)20-7-6-19(12-23(20)37-4)33-9-10-35(26(2,3)15-33)25(36)14-34-16-32-21-11-18(27(28,29)30)5-8-22(21)34/h5-8,11-13,16H,9-10,14-15H2,1-4H3. The Labute approximate surface area is 217 Å².